The molecule has 90 valence electrons. The number of hydrogen-bond acceptors (Lipinski definition) is 2. The van der Waals surface area contributed by atoms with Crippen LogP contribution in [0.15, 0.2) is 0 Å². The van der Waals surface area contributed by atoms with Gasteiger partial charge in [0.1, 0.15) is 0 Å². The van der Waals surface area contributed by atoms with Crippen LogP contribution < -0.4 is 0 Å². The molecule has 0 aromatic carbocycles. The van der Waals surface area contributed by atoms with E-state index < -0.39 is 11.9 Å². The third-order valence-corrected chi connectivity index (χ3v) is 3.81. The van der Waals surface area contributed by atoms with Crippen LogP contribution in [-0.2, 0) is 9.59 Å². The average Bonchev–Trinajstić information content (AvgIpc) is 3.08. The van der Waals surface area contributed by atoms with Crippen LogP contribution in [0, 0.1) is 11.8 Å². The molecule has 3 atom stereocenters. The fourth-order valence-electron chi connectivity index (χ4n) is 2.67. The largest absolute Gasteiger partial charge is 0.481 e. The number of piperidine rings is 1. The van der Waals surface area contributed by atoms with E-state index in [0.29, 0.717) is 12.5 Å². The van der Waals surface area contributed by atoms with Crippen molar-refractivity contribution in [1.29, 1.82) is 0 Å². The highest BCUT2D eigenvalue weighted by atomic mass is 16.4. The van der Waals surface area contributed by atoms with Crippen molar-refractivity contribution >= 4 is 11.9 Å². The molecule has 16 heavy (non-hydrogen) atoms. The van der Waals surface area contributed by atoms with Gasteiger partial charge in [-0.2, -0.15) is 0 Å². The molecule has 0 radical (unpaired) electrons. The quantitative estimate of drug-likeness (QED) is 0.791. The molecule has 4 heteroatoms. The topological polar surface area (TPSA) is 57.6 Å². The van der Waals surface area contributed by atoms with Crippen molar-refractivity contribution in [2.75, 3.05) is 6.54 Å². The summed E-state index contributed by atoms with van der Waals surface area (Å²) in [6.07, 6.45) is 4.85. The molecule has 1 aliphatic carbocycles. The second kappa shape index (κ2) is 4.44. The second-order valence-corrected chi connectivity index (χ2v) is 4.88. The van der Waals surface area contributed by atoms with Gasteiger partial charge in [-0.25, -0.2) is 0 Å². The molecule has 1 saturated carbocycles. The number of rotatable bonds is 3. The van der Waals surface area contributed by atoms with E-state index in [0.717, 1.165) is 25.8 Å². The highest BCUT2D eigenvalue weighted by Crippen LogP contribution is 2.41. The minimum absolute atomic E-state index is 0.0824. The van der Waals surface area contributed by atoms with Gasteiger partial charge < -0.3 is 10.0 Å². The Morgan fingerprint density at radius 1 is 1.31 bits per heavy atom. The Bertz CT molecular complexity index is 303. The van der Waals surface area contributed by atoms with E-state index in [1.165, 1.54) is 6.42 Å². The van der Waals surface area contributed by atoms with Gasteiger partial charge in [0.05, 0.1) is 11.8 Å². The first-order valence-electron chi connectivity index (χ1n) is 6.18. The number of amides is 1. The van der Waals surface area contributed by atoms with Crippen molar-refractivity contribution in [3.05, 3.63) is 0 Å². The van der Waals surface area contributed by atoms with Crippen molar-refractivity contribution < 1.29 is 14.7 Å². The lowest BCUT2D eigenvalue weighted by molar-refractivity contribution is -0.143. The third kappa shape index (κ3) is 2.06. The first-order valence-corrected chi connectivity index (χ1v) is 6.18. The van der Waals surface area contributed by atoms with Crippen molar-refractivity contribution in [1.82, 2.24) is 4.90 Å². The van der Waals surface area contributed by atoms with Gasteiger partial charge in [-0.1, -0.05) is 6.92 Å². The molecule has 1 saturated heterocycles. The standard InChI is InChI=1S/C12H19NO3/c1-2-8-5-3-4-6-13(8)11(14)9-7-10(9)12(15)16/h8-10H,2-7H2,1H3,(H,15,16). The molecule has 0 aromatic heterocycles. The van der Waals surface area contributed by atoms with Crippen LogP contribution in [0.25, 0.3) is 0 Å². The molecule has 4 nitrogen and oxygen atoms in total. The molecule has 1 N–H and O–H groups in total. The molecular weight excluding hydrogens is 206 g/mol. The molecule has 2 rings (SSSR count). The maximum atomic E-state index is 12.1. The van der Waals surface area contributed by atoms with Gasteiger partial charge in [0.15, 0.2) is 0 Å². The van der Waals surface area contributed by atoms with E-state index >= 15 is 0 Å². The Morgan fingerprint density at radius 2 is 2.06 bits per heavy atom. The zero-order valence-electron chi connectivity index (χ0n) is 9.69. The zero-order chi connectivity index (χ0) is 11.7. The van der Waals surface area contributed by atoms with Gasteiger partial charge in [-0.15, -0.1) is 0 Å². The molecule has 3 unspecified atom stereocenters. The van der Waals surface area contributed by atoms with Crippen molar-refractivity contribution in [2.45, 2.75) is 45.1 Å². The van der Waals surface area contributed by atoms with Crippen LogP contribution in [0.3, 0.4) is 0 Å². The van der Waals surface area contributed by atoms with E-state index in [-0.39, 0.29) is 11.8 Å². The number of aliphatic carboxylic acids is 1. The minimum atomic E-state index is -0.816. The number of nitrogens with zero attached hydrogens (tertiary/aromatic N) is 1. The highest BCUT2D eigenvalue weighted by molar-refractivity contribution is 5.89. The monoisotopic (exact) mass is 225 g/mol. The third-order valence-electron chi connectivity index (χ3n) is 3.81. The number of carbonyl (C=O) groups excluding carboxylic acids is 1. The van der Waals surface area contributed by atoms with Gasteiger partial charge in [-0.3, -0.25) is 9.59 Å². The fraction of sp³-hybridized carbons (Fsp3) is 0.833. The molecule has 1 amide bonds. The van der Waals surface area contributed by atoms with Crippen molar-refractivity contribution in [2.24, 2.45) is 11.8 Å². The summed E-state index contributed by atoms with van der Waals surface area (Å²) in [4.78, 5) is 24.8. The number of likely N-dealkylation sites (tertiary alicyclic amines) is 1. The van der Waals surface area contributed by atoms with E-state index in [9.17, 15) is 9.59 Å². The first-order chi connectivity index (χ1) is 7.65. The Kier molecular flexibility index (Phi) is 3.17. The van der Waals surface area contributed by atoms with Crippen molar-refractivity contribution in [3.63, 3.8) is 0 Å². The highest BCUT2D eigenvalue weighted by Gasteiger charge is 2.50. The maximum absolute atomic E-state index is 12.1. The minimum Gasteiger partial charge on any atom is -0.481 e. The summed E-state index contributed by atoms with van der Waals surface area (Å²) >= 11 is 0. The van der Waals surface area contributed by atoms with Gasteiger partial charge in [0.2, 0.25) is 5.91 Å². The summed E-state index contributed by atoms with van der Waals surface area (Å²) in [5, 5.41) is 8.82. The molecule has 2 fully saturated rings. The molecule has 2 aliphatic rings. The maximum Gasteiger partial charge on any atom is 0.307 e. The van der Waals surface area contributed by atoms with Crippen LogP contribution in [0.5, 0.6) is 0 Å². The summed E-state index contributed by atoms with van der Waals surface area (Å²) in [5.41, 5.74) is 0. The molecule has 0 spiro atoms. The smallest absolute Gasteiger partial charge is 0.307 e. The Morgan fingerprint density at radius 3 is 2.62 bits per heavy atom. The van der Waals surface area contributed by atoms with Crippen LogP contribution in [0.2, 0.25) is 0 Å². The van der Waals surface area contributed by atoms with Crippen LogP contribution in [-0.4, -0.2) is 34.5 Å². The fourth-order valence-corrected chi connectivity index (χ4v) is 2.67. The Hall–Kier alpha value is -1.06. The summed E-state index contributed by atoms with van der Waals surface area (Å²) in [6, 6.07) is 0.344. The first kappa shape index (κ1) is 11.4. The summed E-state index contributed by atoms with van der Waals surface area (Å²) in [7, 11) is 0. The number of carboxylic acids is 1. The predicted molar refractivity (Wildman–Crippen MR) is 58.9 cm³/mol. The lowest BCUT2D eigenvalue weighted by Crippen LogP contribution is -2.44. The molecule has 1 heterocycles. The normalized spacial score (nSPS) is 33.6. The van der Waals surface area contributed by atoms with Crippen LogP contribution in [0.1, 0.15) is 39.0 Å². The number of carbonyl (C=O) groups is 2. The Balaban J connectivity index is 1.96. The molecular formula is C12H19NO3. The van der Waals surface area contributed by atoms with Gasteiger partial charge >= 0.3 is 5.97 Å². The summed E-state index contributed by atoms with van der Waals surface area (Å²) < 4.78 is 0. The molecule has 0 aromatic rings. The van der Waals surface area contributed by atoms with E-state index in [2.05, 4.69) is 6.92 Å². The van der Waals surface area contributed by atoms with Crippen LogP contribution in [0.4, 0.5) is 0 Å². The summed E-state index contributed by atoms with van der Waals surface area (Å²) in [6.45, 7) is 2.91. The van der Waals surface area contributed by atoms with Gasteiger partial charge in [0, 0.05) is 12.6 Å². The lowest BCUT2D eigenvalue weighted by Gasteiger charge is -2.35. The van der Waals surface area contributed by atoms with Crippen LogP contribution >= 0.6 is 0 Å². The SMILES string of the molecule is CCC1CCCCN1C(=O)C1CC1C(=O)O. The van der Waals surface area contributed by atoms with Crippen molar-refractivity contribution in [3.8, 4) is 0 Å². The Labute approximate surface area is 95.6 Å². The average molecular weight is 225 g/mol. The predicted octanol–water partition coefficient (Wildman–Crippen LogP) is 1.50. The number of carboxylic acid groups (broad SMARTS) is 1. The van der Waals surface area contributed by atoms with E-state index in [1.54, 1.807) is 0 Å². The second-order valence-electron chi connectivity index (χ2n) is 4.88. The molecule has 0 bridgehead atoms. The molecule has 1 aliphatic heterocycles. The van der Waals surface area contributed by atoms with E-state index in [4.69, 9.17) is 5.11 Å². The van der Waals surface area contributed by atoms with E-state index in [1.807, 2.05) is 4.90 Å². The van der Waals surface area contributed by atoms with Gasteiger partial charge in [0.25, 0.3) is 0 Å². The lowest BCUT2D eigenvalue weighted by atomic mass is 9.99. The van der Waals surface area contributed by atoms with Gasteiger partial charge in [-0.05, 0) is 32.1 Å². The number of hydrogen-bond donors (Lipinski definition) is 1. The zero-order valence-corrected chi connectivity index (χ0v) is 9.69. The summed E-state index contributed by atoms with van der Waals surface area (Å²) in [5.74, 6) is -1.38.